The lowest BCUT2D eigenvalue weighted by Crippen LogP contribution is -2.48. The molecule has 0 aromatic heterocycles. The molecule has 108 valence electrons. The number of carbonyl (C=O) groups excluding carboxylic acids is 2. The molecule has 1 aliphatic rings. The summed E-state index contributed by atoms with van der Waals surface area (Å²) in [5, 5.41) is 0.499. The van der Waals surface area contributed by atoms with Gasteiger partial charge in [-0.3, -0.25) is 9.59 Å². The monoisotopic (exact) mass is 358 g/mol. The molecule has 2 N–H and O–H groups in total. The van der Waals surface area contributed by atoms with E-state index >= 15 is 0 Å². The number of amides is 2. The van der Waals surface area contributed by atoms with E-state index in [1.54, 1.807) is 23.1 Å². The van der Waals surface area contributed by atoms with Crippen LogP contribution in [-0.4, -0.2) is 29.3 Å². The lowest BCUT2D eigenvalue weighted by atomic mass is 9.92. The summed E-state index contributed by atoms with van der Waals surface area (Å²) in [5.41, 5.74) is 5.87. The van der Waals surface area contributed by atoms with E-state index in [2.05, 4.69) is 15.9 Å². The molecule has 1 aliphatic heterocycles. The van der Waals surface area contributed by atoms with Gasteiger partial charge in [0.05, 0.1) is 5.92 Å². The number of piperidine rings is 1. The van der Waals surface area contributed by atoms with E-state index in [0.717, 1.165) is 17.3 Å². The molecule has 1 heterocycles. The number of nitrogens with two attached hydrogens (primary N) is 1. The smallest absolute Gasteiger partial charge is 0.254 e. The molecule has 2 atom stereocenters. The van der Waals surface area contributed by atoms with Crippen LogP contribution in [0.3, 0.4) is 0 Å². The molecular weight excluding hydrogens is 344 g/mol. The maximum atomic E-state index is 12.6. The fraction of sp³-hybridized carbons (Fsp3) is 0.429. The van der Waals surface area contributed by atoms with E-state index < -0.39 is 0 Å². The standard InChI is InChI=1S/C14H16BrClN2O2/c1-8-2-3-9(13(17)19)7-18(8)14(20)10-4-11(15)6-12(16)5-10/h4-6,8-9H,2-3,7H2,1H3,(H2,17,19). The highest BCUT2D eigenvalue weighted by Gasteiger charge is 2.32. The van der Waals surface area contributed by atoms with Crippen molar-refractivity contribution in [2.75, 3.05) is 6.54 Å². The number of likely N-dealkylation sites (tertiary alicyclic amines) is 1. The van der Waals surface area contributed by atoms with Gasteiger partial charge in [-0.2, -0.15) is 0 Å². The van der Waals surface area contributed by atoms with Gasteiger partial charge in [-0.15, -0.1) is 0 Å². The molecule has 6 heteroatoms. The molecular formula is C14H16BrClN2O2. The fourth-order valence-corrected chi connectivity index (χ4v) is 3.33. The van der Waals surface area contributed by atoms with Crippen molar-refractivity contribution in [2.24, 2.45) is 11.7 Å². The van der Waals surface area contributed by atoms with Crippen molar-refractivity contribution in [2.45, 2.75) is 25.8 Å². The van der Waals surface area contributed by atoms with Crippen LogP contribution in [0.2, 0.25) is 5.02 Å². The Labute approximate surface area is 131 Å². The molecule has 4 nitrogen and oxygen atoms in total. The Kier molecular flexibility index (Phi) is 4.70. The Hall–Kier alpha value is -1.07. The third-order valence-electron chi connectivity index (χ3n) is 3.65. The van der Waals surface area contributed by atoms with E-state index in [1.165, 1.54) is 0 Å². The predicted octanol–water partition coefficient (Wildman–Crippen LogP) is 2.83. The molecule has 0 saturated carbocycles. The zero-order chi connectivity index (χ0) is 14.9. The van der Waals surface area contributed by atoms with E-state index in [4.69, 9.17) is 17.3 Å². The Balaban J connectivity index is 2.24. The highest BCUT2D eigenvalue weighted by Crippen LogP contribution is 2.26. The third kappa shape index (κ3) is 3.33. The topological polar surface area (TPSA) is 63.4 Å². The van der Waals surface area contributed by atoms with Crippen LogP contribution >= 0.6 is 27.5 Å². The van der Waals surface area contributed by atoms with Gasteiger partial charge in [0.15, 0.2) is 0 Å². The third-order valence-corrected chi connectivity index (χ3v) is 4.33. The van der Waals surface area contributed by atoms with Crippen LogP contribution in [-0.2, 0) is 4.79 Å². The zero-order valence-electron chi connectivity index (χ0n) is 11.1. The number of benzene rings is 1. The van der Waals surface area contributed by atoms with Gasteiger partial charge >= 0.3 is 0 Å². The molecule has 2 rings (SSSR count). The van der Waals surface area contributed by atoms with Gasteiger partial charge in [-0.1, -0.05) is 27.5 Å². The van der Waals surface area contributed by atoms with Crippen LogP contribution in [0.25, 0.3) is 0 Å². The van der Waals surface area contributed by atoms with Gasteiger partial charge in [0.1, 0.15) is 0 Å². The van der Waals surface area contributed by atoms with Crippen molar-refractivity contribution < 1.29 is 9.59 Å². The van der Waals surface area contributed by atoms with Gasteiger partial charge in [0, 0.05) is 27.6 Å². The van der Waals surface area contributed by atoms with Crippen LogP contribution in [0.15, 0.2) is 22.7 Å². The average molecular weight is 360 g/mol. The summed E-state index contributed by atoms with van der Waals surface area (Å²) in [4.78, 5) is 25.6. The largest absolute Gasteiger partial charge is 0.369 e. The molecule has 1 saturated heterocycles. The Morgan fingerprint density at radius 2 is 2.05 bits per heavy atom. The quantitative estimate of drug-likeness (QED) is 0.882. The van der Waals surface area contributed by atoms with E-state index in [9.17, 15) is 9.59 Å². The lowest BCUT2D eigenvalue weighted by molar-refractivity contribution is -0.123. The molecule has 20 heavy (non-hydrogen) atoms. The first-order valence-corrected chi connectivity index (χ1v) is 7.62. The number of rotatable bonds is 2. The highest BCUT2D eigenvalue weighted by atomic mass is 79.9. The fourth-order valence-electron chi connectivity index (χ4n) is 2.47. The van der Waals surface area contributed by atoms with Crippen molar-refractivity contribution >= 4 is 39.3 Å². The SMILES string of the molecule is CC1CCC(C(N)=O)CN1C(=O)c1cc(Cl)cc(Br)c1. The molecule has 1 aromatic rings. The molecule has 0 bridgehead atoms. The summed E-state index contributed by atoms with van der Waals surface area (Å²) in [5.74, 6) is -0.730. The molecule has 0 radical (unpaired) electrons. The number of halogens is 2. The summed E-state index contributed by atoms with van der Waals surface area (Å²) >= 11 is 9.30. The molecule has 1 aromatic carbocycles. The first kappa shape index (κ1) is 15.3. The van der Waals surface area contributed by atoms with E-state index in [1.807, 2.05) is 6.92 Å². The van der Waals surface area contributed by atoms with Crippen LogP contribution in [0.4, 0.5) is 0 Å². The maximum absolute atomic E-state index is 12.6. The minimum atomic E-state index is -0.345. The van der Waals surface area contributed by atoms with E-state index in [0.29, 0.717) is 17.1 Å². The predicted molar refractivity (Wildman–Crippen MR) is 81.6 cm³/mol. The second-order valence-corrected chi connectivity index (χ2v) is 6.49. The summed E-state index contributed by atoms with van der Waals surface area (Å²) in [6, 6.07) is 5.18. The minimum absolute atomic E-state index is 0.0934. The number of nitrogens with zero attached hydrogens (tertiary/aromatic N) is 1. The highest BCUT2D eigenvalue weighted by molar-refractivity contribution is 9.10. The van der Waals surface area contributed by atoms with Gasteiger partial charge in [-0.05, 0) is 38.0 Å². The van der Waals surface area contributed by atoms with Crippen LogP contribution in [0, 0.1) is 5.92 Å². The molecule has 1 fully saturated rings. The van der Waals surface area contributed by atoms with Crippen molar-refractivity contribution in [1.29, 1.82) is 0 Å². The summed E-state index contributed by atoms with van der Waals surface area (Å²) < 4.78 is 0.754. The van der Waals surface area contributed by atoms with Gasteiger partial charge in [0.2, 0.25) is 5.91 Å². The van der Waals surface area contributed by atoms with Gasteiger partial charge < -0.3 is 10.6 Å². The first-order chi connectivity index (χ1) is 9.38. The molecule has 0 aliphatic carbocycles. The molecule has 2 amide bonds. The first-order valence-electron chi connectivity index (χ1n) is 6.45. The summed E-state index contributed by atoms with van der Waals surface area (Å²) in [6.07, 6.45) is 1.51. The number of hydrogen-bond donors (Lipinski definition) is 1. The van der Waals surface area contributed by atoms with Crippen molar-refractivity contribution in [3.8, 4) is 0 Å². The van der Waals surface area contributed by atoms with E-state index in [-0.39, 0.29) is 23.8 Å². The van der Waals surface area contributed by atoms with Crippen molar-refractivity contribution in [1.82, 2.24) is 4.90 Å². The van der Waals surface area contributed by atoms with Gasteiger partial charge in [-0.25, -0.2) is 0 Å². The molecule has 2 unspecified atom stereocenters. The van der Waals surface area contributed by atoms with Crippen molar-refractivity contribution in [3.63, 3.8) is 0 Å². The normalized spacial score (nSPS) is 22.6. The summed E-state index contributed by atoms with van der Waals surface area (Å²) in [7, 11) is 0. The van der Waals surface area contributed by atoms with Crippen molar-refractivity contribution in [3.05, 3.63) is 33.3 Å². The summed E-state index contributed by atoms with van der Waals surface area (Å²) in [6.45, 7) is 2.36. The Bertz CT molecular complexity index is 530. The average Bonchev–Trinajstić information content (AvgIpc) is 2.37. The van der Waals surface area contributed by atoms with Gasteiger partial charge in [0.25, 0.3) is 5.91 Å². The minimum Gasteiger partial charge on any atom is -0.369 e. The molecule has 0 spiro atoms. The Morgan fingerprint density at radius 1 is 1.35 bits per heavy atom. The number of hydrogen-bond acceptors (Lipinski definition) is 2. The van der Waals surface area contributed by atoms with Crippen LogP contribution in [0.5, 0.6) is 0 Å². The van der Waals surface area contributed by atoms with Crippen LogP contribution in [0.1, 0.15) is 30.1 Å². The second kappa shape index (κ2) is 6.14. The number of carbonyl (C=O) groups is 2. The second-order valence-electron chi connectivity index (χ2n) is 5.14. The van der Waals surface area contributed by atoms with Crippen LogP contribution < -0.4 is 5.73 Å². The maximum Gasteiger partial charge on any atom is 0.254 e. The lowest BCUT2D eigenvalue weighted by Gasteiger charge is -2.37. The zero-order valence-corrected chi connectivity index (χ0v) is 13.4. The number of primary amides is 1. The Morgan fingerprint density at radius 3 is 2.65 bits per heavy atom.